The third kappa shape index (κ3) is 10.1. The second kappa shape index (κ2) is 16.9. The van der Waals surface area contributed by atoms with Crippen LogP contribution in [0.1, 0.15) is 113 Å². The predicted molar refractivity (Wildman–Crippen MR) is 201 cm³/mol. The molecule has 2 amide bonds. The van der Waals surface area contributed by atoms with Crippen molar-refractivity contribution in [2.75, 3.05) is 18.0 Å². The van der Waals surface area contributed by atoms with Gasteiger partial charge in [-0.15, -0.1) is 11.3 Å². The number of hydrogen-bond acceptors (Lipinski definition) is 7. The average Bonchev–Trinajstić information content (AvgIpc) is 3.61. The lowest BCUT2D eigenvalue weighted by Gasteiger charge is -2.39. The van der Waals surface area contributed by atoms with Crippen molar-refractivity contribution in [1.29, 1.82) is 0 Å². The van der Waals surface area contributed by atoms with Crippen LogP contribution in [-0.4, -0.2) is 58.0 Å². The highest BCUT2D eigenvalue weighted by Crippen LogP contribution is 2.39. The van der Waals surface area contributed by atoms with Gasteiger partial charge in [-0.1, -0.05) is 77.6 Å². The van der Waals surface area contributed by atoms with Gasteiger partial charge in [0, 0.05) is 36.0 Å². The molecule has 2 atom stereocenters. The highest BCUT2D eigenvalue weighted by Gasteiger charge is 2.30. The minimum Gasteiger partial charge on any atom is -0.481 e. The fourth-order valence-corrected chi connectivity index (χ4v) is 8.57. The van der Waals surface area contributed by atoms with Crippen molar-refractivity contribution in [3.05, 3.63) is 64.1 Å². The number of nitrogens with one attached hydrogen (secondary N) is 2. The number of aromatic nitrogens is 2. The number of aliphatic carboxylic acids is 1. The molecule has 10 heteroatoms. The van der Waals surface area contributed by atoms with Crippen molar-refractivity contribution in [3.8, 4) is 11.4 Å². The van der Waals surface area contributed by atoms with E-state index in [0.29, 0.717) is 10.7 Å². The van der Waals surface area contributed by atoms with Crippen LogP contribution in [-0.2, 0) is 21.4 Å². The zero-order chi connectivity index (χ0) is 35.8. The minimum absolute atomic E-state index is 0.0954. The maximum atomic E-state index is 13.3. The highest BCUT2D eigenvalue weighted by molar-refractivity contribution is 7.14. The molecule has 2 aromatic heterocycles. The summed E-state index contributed by atoms with van der Waals surface area (Å²) in [6, 6.07) is 9.96. The monoisotopic (exact) mass is 701 g/mol. The zero-order valence-corrected chi connectivity index (χ0v) is 31.2. The molecule has 50 heavy (non-hydrogen) atoms. The van der Waals surface area contributed by atoms with Crippen LogP contribution in [0, 0.1) is 17.8 Å². The molecule has 1 aliphatic heterocycles. The molecule has 1 saturated carbocycles. The van der Waals surface area contributed by atoms with Gasteiger partial charge in [0.05, 0.1) is 29.4 Å². The highest BCUT2D eigenvalue weighted by atomic mass is 32.1. The molecular formula is C40H55N5O4S. The lowest BCUT2D eigenvalue weighted by Crippen LogP contribution is -2.50. The molecule has 0 unspecified atom stereocenters. The van der Waals surface area contributed by atoms with Gasteiger partial charge in [-0.3, -0.25) is 14.4 Å². The Morgan fingerprint density at radius 2 is 1.56 bits per heavy atom. The second-order valence-electron chi connectivity index (χ2n) is 15.5. The van der Waals surface area contributed by atoms with E-state index in [2.05, 4.69) is 43.2 Å². The van der Waals surface area contributed by atoms with Gasteiger partial charge in [0.15, 0.2) is 5.82 Å². The number of thiophene rings is 1. The maximum absolute atomic E-state index is 13.3. The van der Waals surface area contributed by atoms with Crippen molar-refractivity contribution in [1.82, 2.24) is 20.6 Å². The van der Waals surface area contributed by atoms with E-state index >= 15 is 0 Å². The van der Waals surface area contributed by atoms with Crippen LogP contribution < -0.4 is 15.5 Å². The van der Waals surface area contributed by atoms with Crippen molar-refractivity contribution < 1.29 is 19.5 Å². The number of amides is 2. The standard InChI is InChI=1S/C40H55N5O4S/c1-6-7-27-8-12-29(13-9-27)30-18-20-45(21-19-30)32-24-41-37(42-25-32)31-14-10-28(11-15-31)23-33(38(48)43-26(2)22-36(46)47)44-39(49)34-16-17-35(50-34)40(3,4)5/h10-11,14-17,24-27,29-30,33H,6-9,12-13,18-23H2,1-5H3,(H,43,48)(H,44,49)(H,46,47)/t26-,27?,29?,33+/m1/s1. The van der Waals surface area contributed by atoms with Gasteiger partial charge in [0.2, 0.25) is 5.91 Å². The Bertz CT molecular complexity index is 1570. The number of benzene rings is 1. The number of carboxylic acids is 1. The first-order valence-electron chi connectivity index (χ1n) is 18.5. The molecule has 1 saturated heterocycles. The number of carboxylic acid groups (broad SMARTS) is 1. The lowest BCUT2D eigenvalue weighted by atomic mass is 9.72. The van der Waals surface area contributed by atoms with Gasteiger partial charge in [-0.25, -0.2) is 9.97 Å². The fraction of sp³-hybridized carbons (Fsp3) is 0.575. The first-order valence-corrected chi connectivity index (χ1v) is 19.3. The predicted octanol–water partition coefficient (Wildman–Crippen LogP) is 7.65. The summed E-state index contributed by atoms with van der Waals surface area (Å²) >= 11 is 1.41. The van der Waals surface area contributed by atoms with Gasteiger partial charge < -0.3 is 20.6 Å². The molecule has 0 bridgehead atoms. The van der Waals surface area contributed by atoms with E-state index in [1.165, 1.54) is 62.7 Å². The van der Waals surface area contributed by atoms with Crippen LogP contribution in [0.15, 0.2) is 48.8 Å². The van der Waals surface area contributed by atoms with Crippen molar-refractivity contribution in [3.63, 3.8) is 0 Å². The molecule has 1 aliphatic carbocycles. The smallest absolute Gasteiger partial charge is 0.305 e. The van der Waals surface area contributed by atoms with Gasteiger partial charge >= 0.3 is 5.97 Å². The molecule has 3 aromatic rings. The quantitative estimate of drug-likeness (QED) is 0.167. The van der Waals surface area contributed by atoms with Crippen molar-refractivity contribution >= 4 is 34.8 Å². The summed E-state index contributed by atoms with van der Waals surface area (Å²) in [5.74, 6) is 1.58. The molecule has 0 spiro atoms. The topological polar surface area (TPSA) is 125 Å². The molecule has 270 valence electrons. The summed E-state index contributed by atoms with van der Waals surface area (Å²) in [6.07, 6.45) is 14.8. The van der Waals surface area contributed by atoms with Crippen LogP contribution in [0.5, 0.6) is 0 Å². The number of carbonyl (C=O) groups excluding carboxylic acids is 2. The van der Waals surface area contributed by atoms with Crippen LogP contribution in [0.2, 0.25) is 0 Å². The van der Waals surface area contributed by atoms with Gasteiger partial charge in [-0.05, 0) is 73.5 Å². The Morgan fingerprint density at radius 1 is 0.920 bits per heavy atom. The number of nitrogens with zero attached hydrogens (tertiary/aromatic N) is 3. The van der Waals surface area contributed by atoms with Crippen LogP contribution in [0.25, 0.3) is 11.4 Å². The van der Waals surface area contributed by atoms with E-state index in [1.54, 1.807) is 13.0 Å². The van der Waals surface area contributed by atoms with E-state index in [9.17, 15) is 19.5 Å². The summed E-state index contributed by atoms with van der Waals surface area (Å²) in [5.41, 5.74) is 2.69. The van der Waals surface area contributed by atoms with Gasteiger partial charge in [0.25, 0.3) is 5.91 Å². The Hall–Kier alpha value is -3.79. The summed E-state index contributed by atoms with van der Waals surface area (Å²) in [4.78, 5) is 51.2. The largest absolute Gasteiger partial charge is 0.481 e. The molecule has 0 radical (unpaired) electrons. The van der Waals surface area contributed by atoms with Crippen LogP contribution in [0.3, 0.4) is 0 Å². The van der Waals surface area contributed by atoms with Crippen LogP contribution >= 0.6 is 11.3 Å². The molecule has 9 nitrogen and oxygen atoms in total. The number of piperidine rings is 1. The summed E-state index contributed by atoms with van der Waals surface area (Å²) < 4.78 is 0. The Balaban J connectivity index is 1.19. The van der Waals surface area contributed by atoms with E-state index in [4.69, 9.17) is 9.97 Å². The third-order valence-corrected chi connectivity index (χ3v) is 12.0. The van der Waals surface area contributed by atoms with Gasteiger partial charge in [0.1, 0.15) is 6.04 Å². The minimum atomic E-state index is -1.00. The average molecular weight is 702 g/mol. The second-order valence-corrected chi connectivity index (χ2v) is 16.6. The Labute approximate surface area is 301 Å². The molecule has 3 N–H and O–H groups in total. The third-order valence-electron chi connectivity index (χ3n) is 10.5. The van der Waals surface area contributed by atoms with Gasteiger partial charge in [-0.2, -0.15) is 0 Å². The zero-order valence-electron chi connectivity index (χ0n) is 30.4. The lowest BCUT2D eigenvalue weighted by molar-refractivity contribution is -0.137. The van der Waals surface area contributed by atoms with Crippen LogP contribution in [0.4, 0.5) is 5.69 Å². The summed E-state index contributed by atoms with van der Waals surface area (Å²) in [5, 5.41) is 14.8. The number of rotatable bonds is 13. The van der Waals surface area contributed by atoms with Crippen molar-refractivity contribution in [2.45, 2.75) is 116 Å². The Morgan fingerprint density at radius 3 is 2.14 bits per heavy atom. The molecule has 3 heterocycles. The molecule has 1 aromatic carbocycles. The normalized spacial score (nSPS) is 19.8. The molecular weight excluding hydrogens is 647 g/mol. The SMILES string of the molecule is CCCC1CCC(C2CCN(c3cnc(-c4ccc(C[C@H](NC(=O)c5ccc(C(C)(C)C)s5)C(=O)N[C@H](C)CC(=O)O)cc4)nc3)CC2)CC1. The van der Waals surface area contributed by atoms with E-state index in [0.717, 1.165) is 52.5 Å². The maximum Gasteiger partial charge on any atom is 0.305 e. The summed E-state index contributed by atoms with van der Waals surface area (Å²) in [7, 11) is 0. The fourth-order valence-electron chi connectivity index (χ4n) is 7.60. The number of anilines is 1. The number of hydrogen-bond donors (Lipinski definition) is 3. The molecule has 2 aliphatic rings. The van der Waals surface area contributed by atoms with E-state index in [-0.39, 0.29) is 24.2 Å². The first kappa shape index (κ1) is 37.5. The molecule has 2 fully saturated rings. The van der Waals surface area contributed by atoms with Crippen molar-refractivity contribution in [2.24, 2.45) is 17.8 Å². The first-order chi connectivity index (χ1) is 23.9. The van der Waals surface area contributed by atoms with E-state index < -0.39 is 24.0 Å². The van der Waals surface area contributed by atoms with E-state index in [1.807, 2.05) is 42.7 Å². The Kier molecular flexibility index (Phi) is 12.7. The summed E-state index contributed by atoms with van der Waals surface area (Å²) in [6.45, 7) is 12.3. The molecule has 5 rings (SSSR count). The number of carbonyl (C=O) groups is 3.